The summed E-state index contributed by atoms with van der Waals surface area (Å²) in [6, 6.07) is 15.4. The van der Waals surface area contributed by atoms with Crippen LogP contribution in [-0.4, -0.2) is 12.3 Å². The number of aromatic nitrogens is 1. The van der Waals surface area contributed by atoms with E-state index in [4.69, 9.17) is 0 Å². The summed E-state index contributed by atoms with van der Waals surface area (Å²) in [5.74, 6) is 0. The van der Waals surface area contributed by atoms with Crippen LogP contribution in [0.5, 0.6) is 0 Å². The minimum Gasteiger partial charge on any atom is -0.283 e. The van der Waals surface area contributed by atoms with Crippen LogP contribution in [0.2, 0.25) is 0 Å². The van der Waals surface area contributed by atoms with Crippen molar-refractivity contribution in [2.75, 3.05) is 5.43 Å². The van der Waals surface area contributed by atoms with E-state index in [2.05, 4.69) is 71.4 Å². The maximum atomic E-state index is 4.60. The second-order valence-electron chi connectivity index (χ2n) is 5.79. The molecule has 0 saturated carbocycles. The topological polar surface area (TPSA) is 28.3 Å². The predicted molar refractivity (Wildman–Crippen MR) is 87.4 cm³/mol. The number of nitrogens with zero attached hydrogens (tertiary/aromatic N) is 2. The van der Waals surface area contributed by atoms with E-state index < -0.39 is 0 Å². The van der Waals surface area contributed by atoms with Crippen LogP contribution < -0.4 is 10.1 Å². The maximum absolute atomic E-state index is 4.60. The first-order valence-corrected chi connectivity index (χ1v) is 7.41. The van der Waals surface area contributed by atoms with Gasteiger partial charge in [-0.05, 0) is 26.0 Å². The van der Waals surface area contributed by atoms with Crippen molar-refractivity contribution in [3.63, 3.8) is 0 Å². The molecule has 1 N–H and O–H groups in total. The van der Waals surface area contributed by atoms with E-state index in [1.54, 1.807) is 0 Å². The molecular weight excluding hydrogens is 258 g/mol. The van der Waals surface area contributed by atoms with Crippen LogP contribution in [0.1, 0.15) is 25.1 Å². The number of rotatable bonds is 2. The Morgan fingerprint density at radius 3 is 2.62 bits per heavy atom. The fraction of sp³-hybridized carbons (Fsp3) is 0.222. The number of para-hydroxylation sites is 1. The number of hydrogen-bond donors (Lipinski definition) is 1. The molecule has 0 aliphatic carbocycles. The molecule has 0 amide bonds. The van der Waals surface area contributed by atoms with Gasteiger partial charge in [0.2, 0.25) is 5.52 Å². The van der Waals surface area contributed by atoms with E-state index >= 15 is 0 Å². The SMILES string of the molecule is CC(C)N=Cc1c2ccccc2c2cccc3c2[n+]1NC3. The van der Waals surface area contributed by atoms with Crippen LogP contribution in [0.3, 0.4) is 0 Å². The quantitative estimate of drug-likeness (QED) is 0.435. The Kier molecular flexibility index (Phi) is 2.67. The highest BCUT2D eigenvalue weighted by Crippen LogP contribution is 2.28. The monoisotopic (exact) mass is 276 g/mol. The molecule has 1 aromatic heterocycles. The van der Waals surface area contributed by atoms with E-state index in [1.807, 2.05) is 6.21 Å². The Balaban J connectivity index is 2.17. The zero-order valence-corrected chi connectivity index (χ0v) is 12.3. The van der Waals surface area contributed by atoms with Crippen LogP contribution in [0.15, 0.2) is 47.5 Å². The van der Waals surface area contributed by atoms with Gasteiger partial charge in [0, 0.05) is 11.4 Å². The molecule has 0 bridgehead atoms. The van der Waals surface area contributed by atoms with Gasteiger partial charge in [-0.25, -0.2) is 0 Å². The molecule has 3 aromatic rings. The first kappa shape index (κ1) is 12.3. The Morgan fingerprint density at radius 2 is 1.81 bits per heavy atom. The summed E-state index contributed by atoms with van der Waals surface area (Å²) in [7, 11) is 0. The number of pyridine rings is 1. The standard InChI is InChI=1S/C18H18N3/c1-12(2)19-11-17-15-8-4-3-7-14(15)16-9-5-6-13-10-20-21(17)18(13)16/h3-9,11-12,20H,10H2,1-2H3/q+1. The van der Waals surface area contributed by atoms with Crippen molar-refractivity contribution < 1.29 is 4.68 Å². The smallest absolute Gasteiger partial charge is 0.261 e. The molecule has 2 aromatic carbocycles. The normalized spacial score (nSPS) is 13.7. The third-order valence-corrected chi connectivity index (χ3v) is 4.00. The first-order valence-electron chi connectivity index (χ1n) is 7.41. The van der Waals surface area contributed by atoms with E-state index in [9.17, 15) is 0 Å². The Morgan fingerprint density at radius 1 is 1.05 bits per heavy atom. The van der Waals surface area contributed by atoms with Crippen molar-refractivity contribution in [3.8, 4) is 0 Å². The molecule has 104 valence electrons. The molecular formula is C18H18N3+. The average molecular weight is 276 g/mol. The van der Waals surface area contributed by atoms with Gasteiger partial charge in [0.05, 0.1) is 22.6 Å². The second kappa shape index (κ2) is 4.55. The summed E-state index contributed by atoms with van der Waals surface area (Å²) in [5.41, 5.74) is 7.24. The largest absolute Gasteiger partial charge is 0.283 e. The highest BCUT2D eigenvalue weighted by Gasteiger charge is 2.28. The van der Waals surface area contributed by atoms with E-state index in [-0.39, 0.29) is 0 Å². The predicted octanol–water partition coefficient (Wildman–Crippen LogP) is 3.16. The molecule has 21 heavy (non-hydrogen) atoms. The number of hydrogen-bond acceptors (Lipinski definition) is 2. The van der Waals surface area contributed by atoms with Gasteiger partial charge in [-0.1, -0.05) is 35.0 Å². The third-order valence-electron chi connectivity index (χ3n) is 4.00. The van der Waals surface area contributed by atoms with Crippen LogP contribution in [0.25, 0.3) is 21.7 Å². The number of nitrogens with one attached hydrogen (secondary N) is 1. The lowest BCUT2D eigenvalue weighted by Gasteiger charge is -2.05. The Labute approximate surface area is 123 Å². The molecule has 0 spiro atoms. The van der Waals surface area contributed by atoms with Gasteiger partial charge in [-0.3, -0.25) is 4.99 Å². The molecule has 0 unspecified atom stereocenters. The molecule has 3 nitrogen and oxygen atoms in total. The van der Waals surface area contributed by atoms with Crippen LogP contribution in [0.4, 0.5) is 0 Å². The fourth-order valence-electron chi connectivity index (χ4n) is 3.07. The lowest BCUT2D eigenvalue weighted by atomic mass is 10.0. The zero-order valence-electron chi connectivity index (χ0n) is 12.3. The molecule has 0 saturated heterocycles. The Bertz CT molecular complexity index is 878. The second-order valence-corrected chi connectivity index (χ2v) is 5.79. The molecule has 0 radical (unpaired) electrons. The summed E-state index contributed by atoms with van der Waals surface area (Å²) >= 11 is 0. The summed E-state index contributed by atoms with van der Waals surface area (Å²) in [6.07, 6.45) is 2.00. The lowest BCUT2D eigenvalue weighted by molar-refractivity contribution is -0.617. The number of aliphatic imine (C=N–C) groups is 1. The van der Waals surface area contributed by atoms with E-state index in [0.29, 0.717) is 6.04 Å². The summed E-state index contributed by atoms with van der Waals surface area (Å²) in [6.45, 7) is 5.07. The van der Waals surface area contributed by atoms with Gasteiger partial charge < -0.3 is 0 Å². The van der Waals surface area contributed by atoms with Crippen molar-refractivity contribution in [1.29, 1.82) is 0 Å². The summed E-state index contributed by atoms with van der Waals surface area (Å²) in [5, 5.41) is 3.83. The zero-order chi connectivity index (χ0) is 14.4. The van der Waals surface area contributed by atoms with Crippen LogP contribution in [-0.2, 0) is 6.54 Å². The maximum Gasteiger partial charge on any atom is 0.261 e. The van der Waals surface area contributed by atoms with Crippen molar-refractivity contribution in [2.45, 2.75) is 26.4 Å². The van der Waals surface area contributed by atoms with Gasteiger partial charge in [-0.2, -0.15) is 5.43 Å². The Hall–Kier alpha value is -2.42. The van der Waals surface area contributed by atoms with E-state index in [1.165, 1.54) is 27.2 Å². The highest BCUT2D eigenvalue weighted by molar-refractivity contribution is 6.10. The van der Waals surface area contributed by atoms with Crippen LogP contribution >= 0.6 is 0 Å². The number of fused-ring (bicyclic) bond motifs is 2. The highest BCUT2D eigenvalue weighted by atomic mass is 15.4. The van der Waals surface area contributed by atoms with Gasteiger partial charge >= 0.3 is 0 Å². The number of benzene rings is 2. The first-order chi connectivity index (χ1) is 10.3. The molecule has 4 rings (SSSR count). The molecule has 2 heterocycles. The minimum atomic E-state index is 0.295. The van der Waals surface area contributed by atoms with Crippen LogP contribution in [0, 0.1) is 0 Å². The lowest BCUT2D eigenvalue weighted by Crippen LogP contribution is -2.45. The summed E-state index contributed by atoms with van der Waals surface area (Å²) < 4.78 is 2.19. The van der Waals surface area contributed by atoms with Crippen molar-refractivity contribution >= 4 is 27.9 Å². The van der Waals surface area contributed by atoms with Crippen molar-refractivity contribution in [3.05, 3.63) is 53.7 Å². The molecule has 1 aliphatic heterocycles. The van der Waals surface area contributed by atoms with E-state index in [0.717, 1.165) is 12.2 Å². The average Bonchev–Trinajstić information content (AvgIpc) is 2.92. The van der Waals surface area contributed by atoms with Crippen molar-refractivity contribution in [1.82, 2.24) is 0 Å². The molecule has 1 aliphatic rings. The molecule has 0 fully saturated rings. The van der Waals surface area contributed by atoms with Gasteiger partial charge in [-0.15, -0.1) is 0 Å². The third kappa shape index (κ3) is 1.81. The molecule has 3 heteroatoms. The summed E-state index contributed by atoms with van der Waals surface area (Å²) in [4.78, 5) is 4.60. The van der Waals surface area contributed by atoms with Crippen molar-refractivity contribution in [2.24, 2.45) is 4.99 Å². The van der Waals surface area contributed by atoms with Gasteiger partial charge in [0.1, 0.15) is 6.54 Å². The molecule has 0 atom stereocenters. The van der Waals surface area contributed by atoms with Gasteiger partial charge in [0.25, 0.3) is 5.69 Å². The fourth-order valence-corrected chi connectivity index (χ4v) is 3.07. The van der Waals surface area contributed by atoms with Gasteiger partial charge in [0.15, 0.2) is 0 Å². The minimum absolute atomic E-state index is 0.295.